The Kier molecular flexibility index (Phi) is 7.77. The van der Waals surface area contributed by atoms with Crippen molar-refractivity contribution in [2.75, 3.05) is 0 Å². The fourth-order valence-corrected chi connectivity index (χ4v) is 10.8. The molecule has 4 aliphatic rings. The number of rotatable bonds is 6. The Morgan fingerprint density at radius 3 is 1.68 bits per heavy atom. The fraction of sp³-hybridized carbons (Fsp3) is 0.0517. The number of fused-ring (bicyclic) bond motifs is 6. The highest BCUT2D eigenvalue weighted by molar-refractivity contribution is 6.06. The summed E-state index contributed by atoms with van der Waals surface area (Å²) in [5, 5.41) is 3.88. The summed E-state index contributed by atoms with van der Waals surface area (Å²) in [6.45, 7) is 0. The summed E-state index contributed by atoms with van der Waals surface area (Å²) in [4.78, 5) is 5.41. The first kappa shape index (κ1) is 34.5. The van der Waals surface area contributed by atoms with Gasteiger partial charge in [-0.15, -0.1) is 0 Å². The van der Waals surface area contributed by atoms with E-state index in [2.05, 4.69) is 236 Å². The molecule has 0 bridgehead atoms. The van der Waals surface area contributed by atoms with Crippen LogP contribution in [0.1, 0.15) is 55.6 Å². The van der Waals surface area contributed by atoms with Crippen molar-refractivity contribution < 1.29 is 0 Å². The van der Waals surface area contributed by atoms with Gasteiger partial charge in [0.2, 0.25) is 0 Å². The normalized spacial score (nSPS) is 20.3. The Hall–Kier alpha value is -7.55. The van der Waals surface area contributed by atoms with E-state index in [1.54, 1.807) is 0 Å². The molecular weight excluding hydrogens is 725 g/mol. The van der Waals surface area contributed by atoms with E-state index in [1.807, 2.05) is 0 Å². The van der Waals surface area contributed by atoms with Crippen molar-refractivity contribution in [2.24, 2.45) is 4.99 Å². The van der Waals surface area contributed by atoms with E-state index in [4.69, 9.17) is 4.99 Å². The van der Waals surface area contributed by atoms with Crippen LogP contribution in [0.4, 0.5) is 0 Å². The highest BCUT2D eigenvalue weighted by Crippen LogP contribution is 2.65. The van der Waals surface area contributed by atoms with Crippen molar-refractivity contribution in [3.8, 4) is 22.3 Å². The van der Waals surface area contributed by atoms with Crippen LogP contribution in [-0.2, 0) is 10.8 Å². The topological polar surface area (TPSA) is 24.4 Å². The zero-order chi connectivity index (χ0) is 39.7. The van der Waals surface area contributed by atoms with Gasteiger partial charge in [0.1, 0.15) is 5.84 Å². The maximum absolute atomic E-state index is 5.41. The Morgan fingerprint density at radius 2 is 0.933 bits per heavy atom. The number of benzene rings is 8. The predicted molar refractivity (Wildman–Crippen MR) is 246 cm³/mol. The molecule has 3 atom stereocenters. The van der Waals surface area contributed by atoms with Crippen LogP contribution in [0.15, 0.2) is 241 Å². The first-order valence-electron chi connectivity index (χ1n) is 20.9. The summed E-state index contributed by atoms with van der Waals surface area (Å²) in [7, 11) is 0. The van der Waals surface area contributed by atoms with Crippen molar-refractivity contribution >= 4 is 11.5 Å². The largest absolute Gasteiger partial charge is 0.339 e. The van der Waals surface area contributed by atoms with Gasteiger partial charge in [-0.3, -0.25) is 4.99 Å². The lowest BCUT2D eigenvalue weighted by Crippen LogP contribution is -2.44. The molecule has 1 aliphatic heterocycles. The minimum atomic E-state index is -0.640. The molecule has 0 aromatic heterocycles. The van der Waals surface area contributed by atoms with Crippen molar-refractivity contribution in [3.63, 3.8) is 0 Å². The van der Waals surface area contributed by atoms with E-state index in [0.29, 0.717) is 0 Å². The smallest absolute Gasteiger partial charge is 0.133 e. The lowest BCUT2D eigenvalue weighted by Gasteiger charge is -2.49. The van der Waals surface area contributed by atoms with Crippen LogP contribution >= 0.6 is 0 Å². The van der Waals surface area contributed by atoms with Crippen molar-refractivity contribution in [1.82, 2.24) is 5.32 Å². The number of amidine groups is 1. The molecule has 2 heteroatoms. The van der Waals surface area contributed by atoms with Crippen LogP contribution in [0.25, 0.3) is 28.0 Å². The summed E-state index contributed by atoms with van der Waals surface area (Å²) in [5.41, 5.74) is 18.7. The predicted octanol–water partition coefficient (Wildman–Crippen LogP) is 12.7. The maximum Gasteiger partial charge on any atom is 0.133 e. The summed E-state index contributed by atoms with van der Waals surface area (Å²) in [6.07, 6.45) is 8.63. The molecule has 0 spiro atoms. The molecule has 0 radical (unpaired) electrons. The number of nitrogens with one attached hydrogen (secondary N) is 1. The van der Waals surface area contributed by atoms with Gasteiger partial charge < -0.3 is 5.32 Å². The number of hydrogen-bond acceptors (Lipinski definition) is 2. The lowest BCUT2D eigenvalue weighted by atomic mass is 9.51. The Labute approximate surface area is 351 Å². The monoisotopic (exact) mass is 764 g/mol. The minimum absolute atomic E-state index is 0.0976. The van der Waals surface area contributed by atoms with Crippen molar-refractivity contribution in [3.05, 3.63) is 292 Å². The number of nitrogens with zero attached hydrogens (tertiary/aromatic N) is 1. The van der Waals surface area contributed by atoms with E-state index >= 15 is 0 Å². The Bertz CT molecular complexity index is 3100. The van der Waals surface area contributed by atoms with Gasteiger partial charge in [0.15, 0.2) is 0 Å². The zero-order valence-corrected chi connectivity index (χ0v) is 33.0. The molecular formula is C58H40N2. The van der Waals surface area contributed by atoms with E-state index in [9.17, 15) is 0 Å². The number of hydrogen-bond donors (Lipinski definition) is 1. The molecule has 8 aromatic carbocycles. The highest BCUT2D eigenvalue weighted by Gasteiger charge is 2.57. The van der Waals surface area contributed by atoms with E-state index in [0.717, 1.165) is 22.7 Å². The molecule has 60 heavy (non-hydrogen) atoms. The van der Waals surface area contributed by atoms with Crippen molar-refractivity contribution in [2.45, 2.75) is 16.9 Å². The van der Waals surface area contributed by atoms with E-state index in [-0.39, 0.29) is 6.04 Å². The van der Waals surface area contributed by atoms with Crippen LogP contribution in [0.2, 0.25) is 0 Å². The molecule has 0 saturated carbocycles. The third-order valence-corrected chi connectivity index (χ3v) is 13.3. The van der Waals surface area contributed by atoms with Gasteiger partial charge in [0.05, 0.1) is 22.6 Å². The average Bonchev–Trinajstić information content (AvgIpc) is 3.64. The van der Waals surface area contributed by atoms with Crippen molar-refractivity contribution in [1.29, 1.82) is 0 Å². The summed E-state index contributed by atoms with van der Waals surface area (Å²) in [6, 6.07) is 76.2. The fourth-order valence-electron chi connectivity index (χ4n) is 10.8. The molecule has 1 heterocycles. The second-order valence-corrected chi connectivity index (χ2v) is 16.2. The zero-order valence-electron chi connectivity index (χ0n) is 33.0. The number of aliphatic imine (C=N–C) groups is 1. The first-order chi connectivity index (χ1) is 29.8. The van der Waals surface area contributed by atoms with E-state index < -0.39 is 10.8 Å². The van der Waals surface area contributed by atoms with Gasteiger partial charge in [-0.25, -0.2) is 0 Å². The van der Waals surface area contributed by atoms with Crippen LogP contribution in [-0.4, -0.2) is 11.9 Å². The molecule has 0 amide bonds. The molecule has 8 aromatic rings. The molecule has 3 aliphatic carbocycles. The standard InChI is InChI=1S/C58H40N2/c1-4-18-39(19-5-1)40-34-36-41(37-35-40)55-48-27-11-15-33-53(48)59-56(60-55)42-20-16-25-45(38-42)57(43-21-6-2-7-22-43)50-30-13-14-31-51(50)58(44-23-8-3-9-24-44)49-29-12-10-26-46(49)47-28-17-32-52(57)54(47)58/h1-38,53H,(H,59,60). The quantitative estimate of drug-likeness (QED) is 0.179. The second kappa shape index (κ2) is 13.5. The third kappa shape index (κ3) is 4.85. The van der Waals surface area contributed by atoms with Gasteiger partial charge >= 0.3 is 0 Å². The van der Waals surface area contributed by atoms with Gasteiger partial charge in [-0.05, 0) is 78.4 Å². The van der Waals surface area contributed by atoms with Crippen LogP contribution in [0.5, 0.6) is 0 Å². The van der Waals surface area contributed by atoms with Crippen LogP contribution in [0.3, 0.4) is 0 Å². The molecule has 2 nitrogen and oxygen atoms in total. The van der Waals surface area contributed by atoms with Gasteiger partial charge in [-0.1, -0.05) is 224 Å². The molecule has 0 saturated heterocycles. The molecule has 3 unspecified atom stereocenters. The first-order valence-corrected chi connectivity index (χ1v) is 20.9. The summed E-state index contributed by atoms with van der Waals surface area (Å²) in [5.74, 6) is 0.865. The van der Waals surface area contributed by atoms with Gasteiger partial charge in [0.25, 0.3) is 0 Å². The highest BCUT2D eigenvalue weighted by atomic mass is 15.0. The summed E-state index contributed by atoms with van der Waals surface area (Å²) >= 11 is 0. The molecule has 12 rings (SSSR count). The van der Waals surface area contributed by atoms with Crippen LogP contribution < -0.4 is 5.32 Å². The number of allylic oxidation sites excluding steroid dienone is 2. The maximum atomic E-state index is 5.41. The van der Waals surface area contributed by atoms with Crippen LogP contribution in [0, 0.1) is 0 Å². The lowest BCUT2D eigenvalue weighted by molar-refractivity contribution is 0.626. The molecule has 282 valence electrons. The minimum Gasteiger partial charge on any atom is -0.339 e. The average molecular weight is 765 g/mol. The second-order valence-electron chi connectivity index (χ2n) is 16.2. The summed E-state index contributed by atoms with van der Waals surface area (Å²) < 4.78 is 0. The molecule has 1 N–H and O–H groups in total. The Morgan fingerprint density at radius 1 is 0.400 bits per heavy atom. The molecule has 0 fully saturated rings. The Balaban J connectivity index is 1.07. The third-order valence-electron chi connectivity index (χ3n) is 13.3. The van der Waals surface area contributed by atoms with Gasteiger partial charge in [-0.2, -0.15) is 0 Å². The van der Waals surface area contributed by atoms with E-state index in [1.165, 1.54) is 72.3 Å². The SMILES string of the molecule is C1=CC2=C(c3ccc(-c4ccccc4)cc3)NC(c3cccc(C4(c5ccccc5)c5ccccc5C5(c6ccccc6)c6ccccc6-c6cccc4c65)c3)=NC2C=C1. The van der Waals surface area contributed by atoms with Gasteiger partial charge in [0, 0.05) is 11.1 Å².